The number of nitrogens with zero attached hydrogens (tertiary/aromatic N) is 2. The molecule has 134 valence electrons. The van der Waals surface area contributed by atoms with Crippen molar-refractivity contribution >= 4 is 24.3 Å². The van der Waals surface area contributed by atoms with Crippen LogP contribution in [0.25, 0.3) is 0 Å². The molecule has 0 saturated heterocycles. The van der Waals surface area contributed by atoms with Crippen LogP contribution in [0.3, 0.4) is 0 Å². The van der Waals surface area contributed by atoms with Crippen molar-refractivity contribution in [3.05, 3.63) is 59.2 Å². The number of benzene rings is 2. The summed E-state index contributed by atoms with van der Waals surface area (Å²) in [7, 11) is 0.230. The molecule has 0 saturated carbocycles. The van der Waals surface area contributed by atoms with E-state index in [0.29, 0.717) is 29.7 Å². The minimum Gasteiger partial charge on any atom is -0.423 e. The van der Waals surface area contributed by atoms with Gasteiger partial charge < -0.3 is 20.3 Å². The molecule has 2 aromatic rings. The monoisotopic (exact) mass is 351 g/mol. The molecule has 0 spiro atoms. The van der Waals surface area contributed by atoms with E-state index >= 15 is 0 Å². The zero-order chi connectivity index (χ0) is 19.1. The minimum atomic E-state index is -1.48. The zero-order valence-corrected chi connectivity index (χ0v) is 14.9. The van der Waals surface area contributed by atoms with E-state index in [9.17, 15) is 14.8 Å². The molecule has 2 amide bonds. The van der Waals surface area contributed by atoms with Crippen LogP contribution in [0.4, 0.5) is 10.5 Å². The summed E-state index contributed by atoms with van der Waals surface area (Å²) < 4.78 is 0. The number of hydrogen-bond donors (Lipinski definition) is 3. The molecule has 0 aliphatic heterocycles. The van der Waals surface area contributed by atoms with Crippen LogP contribution in [0.15, 0.2) is 42.5 Å². The fraction of sp³-hybridized carbons (Fsp3) is 0.263. The van der Waals surface area contributed by atoms with Crippen LogP contribution in [0.2, 0.25) is 0 Å². The van der Waals surface area contributed by atoms with Gasteiger partial charge in [0.15, 0.2) is 0 Å². The van der Waals surface area contributed by atoms with E-state index < -0.39 is 7.12 Å². The molecule has 26 heavy (non-hydrogen) atoms. The normalized spacial score (nSPS) is 10.1. The third-order valence-electron chi connectivity index (χ3n) is 4.22. The quantitative estimate of drug-likeness (QED) is 0.688. The first-order valence-electron chi connectivity index (χ1n) is 8.44. The van der Waals surface area contributed by atoms with Gasteiger partial charge in [0.25, 0.3) is 0 Å². The largest absolute Gasteiger partial charge is 0.488 e. The van der Waals surface area contributed by atoms with Crippen molar-refractivity contribution in [2.24, 2.45) is 0 Å². The lowest BCUT2D eigenvalue weighted by molar-refractivity contribution is 0.223. The van der Waals surface area contributed by atoms with Gasteiger partial charge in [-0.1, -0.05) is 31.2 Å². The number of anilines is 1. The summed E-state index contributed by atoms with van der Waals surface area (Å²) in [5.74, 6) is 0. The SMILES string of the molecule is CCc1cc(B(O)O)ccc1CCN(C)C(=O)Nc1cccc(C#N)c1. The van der Waals surface area contributed by atoms with Crippen molar-refractivity contribution in [2.45, 2.75) is 19.8 Å². The second kappa shape index (κ2) is 9.04. The summed E-state index contributed by atoms with van der Waals surface area (Å²) in [5.41, 5.74) is 3.64. The second-order valence-corrected chi connectivity index (χ2v) is 6.05. The van der Waals surface area contributed by atoms with Crippen LogP contribution >= 0.6 is 0 Å². The molecule has 0 radical (unpaired) electrons. The Morgan fingerprint density at radius 3 is 2.65 bits per heavy atom. The van der Waals surface area contributed by atoms with E-state index in [0.717, 1.165) is 17.5 Å². The number of urea groups is 1. The Bertz CT molecular complexity index is 818. The van der Waals surface area contributed by atoms with Gasteiger partial charge in [0.1, 0.15) is 0 Å². The predicted molar refractivity (Wildman–Crippen MR) is 102 cm³/mol. The van der Waals surface area contributed by atoms with Crippen molar-refractivity contribution in [1.82, 2.24) is 4.90 Å². The van der Waals surface area contributed by atoms with E-state index in [1.54, 1.807) is 48.3 Å². The maximum absolute atomic E-state index is 12.3. The Hall–Kier alpha value is -2.82. The topological polar surface area (TPSA) is 96.6 Å². The summed E-state index contributed by atoms with van der Waals surface area (Å²) in [4.78, 5) is 13.9. The fourth-order valence-corrected chi connectivity index (χ4v) is 2.65. The highest BCUT2D eigenvalue weighted by Crippen LogP contribution is 2.12. The van der Waals surface area contributed by atoms with E-state index in [2.05, 4.69) is 5.32 Å². The van der Waals surface area contributed by atoms with Gasteiger partial charge in [0.05, 0.1) is 11.6 Å². The summed E-state index contributed by atoms with van der Waals surface area (Å²) >= 11 is 0. The lowest BCUT2D eigenvalue weighted by Gasteiger charge is -2.19. The van der Waals surface area contributed by atoms with Crippen molar-refractivity contribution in [1.29, 1.82) is 5.26 Å². The Morgan fingerprint density at radius 2 is 2.00 bits per heavy atom. The number of hydrogen-bond acceptors (Lipinski definition) is 4. The Labute approximate surface area is 153 Å². The Kier molecular flexibility index (Phi) is 6.78. The average Bonchev–Trinajstić information content (AvgIpc) is 2.65. The third kappa shape index (κ3) is 5.09. The highest BCUT2D eigenvalue weighted by Gasteiger charge is 2.14. The molecule has 0 aliphatic rings. The molecule has 0 atom stereocenters. The van der Waals surface area contributed by atoms with Gasteiger partial charge in [-0.3, -0.25) is 0 Å². The number of nitriles is 1. The average molecular weight is 351 g/mol. The number of carbonyl (C=O) groups excluding carboxylic acids is 1. The van der Waals surface area contributed by atoms with Crippen LogP contribution in [-0.4, -0.2) is 41.7 Å². The molecule has 2 rings (SSSR count). The van der Waals surface area contributed by atoms with Gasteiger partial charge in [-0.05, 0) is 47.6 Å². The lowest BCUT2D eigenvalue weighted by atomic mass is 9.78. The summed E-state index contributed by atoms with van der Waals surface area (Å²) in [6.07, 6.45) is 1.43. The molecule has 0 aliphatic carbocycles. The van der Waals surface area contributed by atoms with Crippen molar-refractivity contribution in [3.8, 4) is 6.07 Å². The second-order valence-electron chi connectivity index (χ2n) is 6.05. The van der Waals surface area contributed by atoms with Crippen LogP contribution in [0.5, 0.6) is 0 Å². The van der Waals surface area contributed by atoms with Gasteiger partial charge in [-0.2, -0.15) is 5.26 Å². The molecule has 0 unspecified atom stereocenters. The van der Waals surface area contributed by atoms with Crippen molar-refractivity contribution in [2.75, 3.05) is 18.9 Å². The standard InChI is InChI=1S/C19H22BN3O3/c1-3-15-12-17(20(25)26)8-7-16(15)9-10-23(2)19(24)22-18-6-4-5-14(11-18)13-21/h4-8,11-12,25-26H,3,9-10H2,1-2H3,(H,22,24). The first-order chi connectivity index (χ1) is 12.4. The van der Waals surface area contributed by atoms with Gasteiger partial charge in [0, 0.05) is 19.3 Å². The van der Waals surface area contributed by atoms with Crippen LogP contribution in [0, 0.1) is 11.3 Å². The number of nitrogens with one attached hydrogen (secondary N) is 1. The molecule has 0 aromatic heterocycles. The van der Waals surface area contributed by atoms with Gasteiger partial charge in [-0.15, -0.1) is 0 Å². The third-order valence-corrected chi connectivity index (χ3v) is 4.22. The molecular formula is C19H22BN3O3. The fourth-order valence-electron chi connectivity index (χ4n) is 2.65. The highest BCUT2D eigenvalue weighted by atomic mass is 16.4. The van der Waals surface area contributed by atoms with Crippen LogP contribution in [-0.2, 0) is 12.8 Å². The summed E-state index contributed by atoms with van der Waals surface area (Å²) in [5, 5.41) is 30.2. The molecular weight excluding hydrogens is 329 g/mol. The van der Waals surface area contributed by atoms with E-state index in [-0.39, 0.29) is 6.03 Å². The van der Waals surface area contributed by atoms with Crippen LogP contribution in [0.1, 0.15) is 23.6 Å². The smallest absolute Gasteiger partial charge is 0.423 e. The summed E-state index contributed by atoms with van der Waals surface area (Å²) in [6, 6.07) is 13.9. The molecule has 2 aromatic carbocycles. The van der Waals surface area contributed by atoms with Gasteiger partial charge in [-0.25, -0.2) is 4.79 Å². The lowest BCUT2D eigenvalue weighted by Crippen LogP contribution is -2.33. The molecule has 0 bridgehead atoms. The first-order valence-corrected chi connectivity index (χ1v) is 8.44. The maximum atomic E-state index is 12.3. The number of amides is 2. The number of carbonyl (C=O) groups is 1. The van der Waals surface area contributed by atoms with E-state index in [1.165, 1.54) is 0 Å². The summed E-state index contributed by atoms with van der Waals surface area (Å²) in [6.45, 7) is 2.52. The Balaban J connectivity index is 1.98. The highest BCUT2D eigenvalue weighted by molar-refractivity contribution is 6.58. The predicted octanol–water partition coefficient (Wildman–Crippen LogP) is 1.51. The Morgan fingerprint density at radius 1 is 1.23 bits per heavy atom. The van der Waals surface area contributed by atoms with Gasteiger partial charge in [0.2, 0.25) is 0 Å². The van der Waals surface area contributed by atoms with Crippen LogP contribution < -0.4 is 10.8 Å². The molecule has 3 N–H and O–H groups in total. The molecule has 7 heteroatoms. The van der Waals surface area contributed by atoms with E-state index in [1.807, 2.05) is 19.1 Å². The van der Waals surface area contributed by atoms with Crippen molar-refractivity contribution in [3.63, 3.8) is 0 Å². The number of aryl methyl sites for hydroxylation is 1. The zero-order valence-electron chi connectivity index (χ0n) is 14.9. The van der Waals surface area contributed by atoms with Crippen molar-refractivity contribution < 1.29 is 14.8 Å². The number of likely N-dealkylation sites (N-methyl/N-ethyl adjacent to an activating group) is 1. The van der Waals surface area contributed by atoms with Gasteiger partial charge >= 0.3 is 13.1 Å². The van der Waals surface area contributed by atoms with E-state index in [4.69, 9.17) is 5.26 Å². The number of rotatable bonds is 6. The molecule has 0 heterocycles. The maximum Gasteiger partial charge on any atom is 0.488 e. The minimum absolute atomic E-state index is 0.250. The first kappa shape index (κ1) is 19.5. The molecule has 0 fully saturated rings. The molecule has 6 nitrogen and oxygen atoms in total.